The molecule has 4 rings (SSSR count). The van der Waals surface area contributed by atoms with E-state index in [1.165, 1.54) is 6.07 Å². The normalized spacial score (nSPS) is 10.6. The van der Waals surface area contributed by atoms with Crippen LogP contribution in [0.3, 0.4) is 0 Å². The SMILES string of the molecule is CNC(=O)c1cccc(OC(=O)Cn2c(COc3ccccc3)nc3ccccc32)c1. The number of carbonyl (C=O) groups is 2. The Bertz CT molecular complexity index is 1220. The van der Waals surface area contributed by atoms with E-state index in [0.717, 1.165) is 16.8 Å². The van der Waals surface area contributed by atoms with Crippen LogP contribution in [0.1, 0.15) is 16.2 Å². The summed E-state index contributed by atoms with van der Waals surface area (Å²) in [6, 6.07) is 23.5. The number of para-hydroxylation sites is 3. The average Bonchev–Trinajstić information content (AvgIpc) is 3.15. The lowest BCUT2D eigenvalue weighted by molar-refractivity contribution is -0.135. The van der Waals surface area contributed by atoms with E-state index < -0.39 is 5.97 Å². The molecule has 0 atom stereocenters. The van der Waals surface area contributed by atoms with E-state index in [1.807, 2.05) is 54.6 Å². The smallest absolute Gasteiger partial charge is 0.331 e. The lowest BCUT2D eigenvalue weighted by Gasteiger charge is -2.11. The van der Waals surface area contributed by atoms with Crippen LogP contribution in [-0.4, -0.2) is 28.5 Å². The molecular formula is C24H21N3O4. The third kappa shape index (κ3) is 4.72. The second-order valence-corrected chi connectivity index (χ2v) is 6.79. The van der Waals surface area contributed by atoms with Gasteiger partial charge in [0, 0.05) is 12.6 Å². The minimum atomic E-state index is -0.474. The van der Waals surface area contributed by atoms with Crippen LogP contribution in [0.2, 0.25) is 0 Å². The molecule has 0 aliphatic rings. The Morgan fingerprint density at radius 1 is 0.935 bits per heavy atom. The lowest BCUT2D eigenvalue weighted by Crippen LogP contribution is -2.20. The van der Waals surface area contributed by atoms with Gasteiger partial charge in [0.15, 0.2) is 0 Å². The standard InChI is InChI=1S/C24H21N3O4/c1-25-24(29)17-8-7-11-19(14-17)31-23(28)15-27-21-13-6-5-12-20(21)26-22(27)16-30-18-9-3-2-4-10-18/h2-14H,15-16H2,1H3,(H,25,29). The van der Waals surface area contributed by atoms with Crippen LogP contribution in [0.4, 0.5) is 0 Å². The molecule has 3 aromatic carbocycles. The number of hydrogen-bond donors (Lipinski definition) is 1. The summed E-state index contributed by atoms with van der Waals surface area (Å²) in [5, 5.41) is 2.55. The molecule has 7 heteroatoms. The molecule has 0 aliphatic heterocycles. The Labute approximate surface area is 179 Å². The highest BCUT2D eigenvalue weighted by Gasteiger charge is 2.16. The summed E-state index contributed by atoms with van der Waals surface area (Å²) in [5.41, 5.74) is 1.99. The van der Waals surface area contributed by atoms with E-state index in [2.05, 4.69) is 10.3 Å². The van der Waals surface area contributed by atoms with Gasteiger partial charge in [0.05, 0.1) is 11.0 Å². The van der Waals surface area contributed by atoms with Crippen LogP contribution in [0.25, 0.3) is 11.0 Å². The minimum Gasteiger partial charge on any atom is -0.486 e. The molecule has 156 valence electrons. The van der Waals surface area contributed by atoms with Crippen LogP contribution in [-0.2, 0) is 17.9 Å². The number of carbonyl (C=O) groups excluding carboxylic acids is 2. The van der Waals surface area contributed by atoms with Crippen molar-refractivity contribution in [2.75, 3.05) is 7.05 Å². The van der Waals surface area contributed by atoms with E-state index in [4.69, 9.17) is 9.47 Å². The summed E-state index contributed by atoms with van der Waals surface area (Å²) < 4.78 is 13.1. The molecule has 0 saturated heterocycles. The third-order valence-corrected chi connectivity index (χ3v) is 4.69. The number of rotatable bonds is 7. The summed E-state index contributed by atoms with van der Waals surface area (Å²) >= 11 is 0. The second-order valence-electron chi connectivity index (χ2n) is 6.79. The van der Waals surface area contributed by atoms with E-state index in [9.17, 15) is 9.59 Å². The van der Waals surface area contributed by atoms with Crippen molar-refractivity contribution < 1.29 is 19.1 Å². The molecular weight excluding hydrogens is 394 g/mol. The van der Waals surface area contributed by atoms with Crippen LogP contribution < -0.4 is 14.8 Å². The zero-order chi connectivity index (χ0) is 21.6. The van der Waals surface area contributed by atoms with Gasteiger partial charge in [-0.3, -0.25) is 4.79 Å². The Balaban J connectivity index is 1.54. The Hall–Kier alpha value is -4.13. The molecule has 1 amide bonds. The van der Waals surface area contributed by atoms with E-state index >= 15 is 0 Å². The molecule has 1 aromatic heterocycles. The Morgan fingerprint density at radius 2 is 1.68 bits per heavy atom. The van der Waals surface area contributed by atoms with Crippen molar-refractivity contribution in [1.82, 2.24) is 14.9 Å². The Morgan fingerprint density at radius 3 is 2.48 bits per heavy atom. The van der Waals surface area contributed by atoms with Gasteiger partial charge in [0.2, 0.25) is 0 Å². The highest BCUT2D eigenvalue weighted by Crippen LogP contribution is 2.19. The first-order valence-electron chi connectivity index (χ1n) is 9.79. The molecule has 0 radical (unpaired) electrons. The van der Waals surface area contributed by atoms with Crippen molar-refractivity contribution in [2.24, 2.45) is 0 Å². The average molecular weight is 415 g/mol. The van der Waals surface area contributed by atoms with Gasteiger partial charge in [-0.25, -0.2) is 9.78 Å². The predicted molar refractivity (Wildman–Crippen MR) is 116 cm³/mol. The fraction of sp³-hybridized carbons (Fsp3) is 0.125. The molecule has 0 bridgehead atoms. The molecule has 0 spiro atoms. The Kier molecular flexibility index (Phi) is 5.93. The number of imidazole rings is 1. The van der Waals surface area contributed by atoms with Gasteiger partial charge < -0.3 is 19.4 Å². The second kappa shape index (κ2) is 9.13. The first kappa shape index (κ1) is 20.2. The van der Waals surface area contributed by atoms with Crippen LogP contribution >= 0.6 is 0 Å². The number of nitrogens with one attached hydrogen (secondary N) is 1. The highest BCUT2D eigenvalue weighted by molar-refractivity contribution is 5.94. The predicted octanol–water partition coefficient (Wildman–Crippen LogP) is 3.58. The maximum atomic E-state index is 12.7. The maximum Gasteiger partial charge on any atom is 0.331 e. The largest absolute Gasteiger partial charge is 0.486 e. The first-order valence-corrected chi connectivity index (χ1v) is 9.79. The fourth-order valence-electron chi connectivity index (χ4n) is 3.21. The van der Waals surface area contributed by atoms with E-state index in [0.29, 0.717) is 17.1 Å². The van der Waals surface area contributed by atoms with Crippen molar-refractivity contribution in [3.05, 3.63) is 90.3 Å². The van der Waals surface area contributed by atoms with Crippen LogP contribution in [0.15, 0.2) is 78.9 Å². The van der Waals surface area contributed by atoms with Crippen LogP contribution in [0, 0.1) is 0 Å². The summed E-state index contributed by atoms with van der Waals surface area (Å²) in [7, 11) is 1.55. The van der Waals surface area contributed by atoms with Gasteiger partial charge in [-0.05, 0) is 42.5 Å². The van der Waals surface area contributed by atoms with Crippen molar-refractivity contribution >= 4 is 22.9 Å². The van der Waals surface area contributed by atoms with Crippen molar-refractivity contribution in [3.63, 3.8) is 0 Å². The summed E-state index contributed by atoms with van der Waals surface area (Å²) in [6.45, 7) is 0.163. The fourth-order valence-corrected chi connectivity index (χ4v) is 3.21. The highest BCUT2D eigenvalue weighted by atomic mass is 16.5. The summed E-state index contributed by atoms with van der Waals surface area (Å²) in [6.07, 6.45) is 0. The lowest BCUT2D eigenvalue weighted by atomic mass is 10.2. The number of hydrogen-bond acceptors (Lipinski definition) is 5. The number of esters is 1. The number of benzene rings is 3. The van der Waals surface area contributed by atoms with Gasteiger partial charge in [0.1, 0.15) is 30.5 Å². The van der Waals surface area contributed by atoms with Gasteiger partial charge >= 0.3 is 5.97 Å². The maximum absolute atomic E-state index is 12.7. The topological polar surface area (TPSA) is 82.5 Å². The third-order valence-electron chi connectivity index (χ3n) is 4.69. The number of fused-ring (bicyclic) bond motifs is 1. The monoisotopic (exact) mass is 415 g/mol. The zero-order valence-corrected chi connectivity index (χ0v) is 16.9. The number of amides is 1. The van der Waals surface area contributed by atoms with Crippen molar-refractivity contribution in [2.45, 2.75) is 13.2 Å². The van der Waals surface area contributed by atoms with E-state index in [1.54, 1.807) is 29.8 Å². The van der Waals surface area contributed by atoms with Crippen molar-refractivity contribution in [3.8, 4) is 11.5 Å². The summed E-state index contributed by atoms with van der Waals surface area (Å²) in [5.74, 6) is 0.908. The quantitative estimate of drug-likeness (QED) is 0.369. The van der Waals surface area contributed by atoms with Gasteiger partial charge in [-0.15, -0.1) is 0 Å². The van der Waals surface area contributed by atoms with Crippen molar-refractivity contribution in [1.29, 1.82) is 0 Å². The zero-order valence-electron chi connectivity index (χ0n) is 16.9. The number of ether oxygens (including phenoxy) is 2. The molecule has 0 aliphatic carbocycles. The minimum absolute atomic E-state index is 0.0435. The van der Waals surface area contributed by atoms with Gasteiger partial charge in [-0.2, -0.15) is 0 Å². The van der Waals surface area contributed by atoms with Gasteiger partial charge in [-0.1, -0.05) is 36.4 Å². The molecule has 1 heterocycles. The molecule has 1 N–H and O–H groups in total. The van der Waals surface area contributed by atoms with Gasteiger partial charge in [0.25, 0.3) is 5.91 Å². The van der Waals surface area contributed by atoms with Crippen LogP contribution in [0.5, 0.6) is 11.5 Å². The molecule has 0 unspecified atom stereocenters. The summed E-state index contributed by atoms with van der Waals surface area (Å²) in [4.78, 5) is 29.1. The number of nitrogens with zero attached hydrogens (tertiary/aromatic N) is 2. The number of aromatic nitrogens is 2. The molecule has 7 nitrogen and oxygen atoms in total. The molecule has 0 fully saturated rings. The first-order chi connectivity index (χ1) is 15.1. The van der Waals surface area contributed by atoms with E-state index in [-0.39, 0.29) is 19.1 Å². The molecule has 4 aromatic rings. The molecule has 0 saturated carbocycles. The molecule has 31 heavy (non-hydrogen) atoms.